The maximum absolute atomic E-state index is 15.1. The largest absolute Gasteiger partial charge is 0.744 e. The van der Waals surface area contributed by atoms with Gasteiger partial charge in [-0.25, -0.2) is 29.6 Å². The third kappa shape index (κ3) is 12.3. The average Bonchev–Trinajstić information content (AvgIpc) is 2.54. The Morgan fingerprint density at radius 1 is 0.687 bits per heavy atom. The molecule has 7 amide bonds. The van der Waals surface area contributed by atoms with Crippen LogP contribution in [0.5, 0.6) is 0 Å². The smallest absolute Gasteiger partial charge is 0.269 e. The normalized spacial score (nSPS) is 15.0. The van der Waals surface area contributed by atoms with E-state index in [1.165, 1.54) is 33.5 Å². The van der Waals surface area contributed by atoms with Gasteiger partial charge in [0.15, 0.2) is 6.54 Å². The molecule has 0 bridgehead atoms. The lowest BCUT2D eigenvalue weighted by Crippen LogP contribution is -2.54. The van der Waals surface area contributed by atoms with E-state index in [4.69, 9.17) is 5.73 Å². The lowest BCUT2D eigenvalue weighted by Gasteiger charge is -2.35. The van der Waals surface area contributed by atoms with Crippen molar-refractivity contribution in [1.82, 2.24) is 28.6 Å². The molecule has 0 spiro atoms. The van der Waals surface area contributed by atoms with Gasteiger partial charge in [0.1, 0.15) is 22.4 Å². The number of ketones is 1. The van der Waals surface area contributed by atoms with E-state index >= 15 is 4.79 Å². The van der Waals surface area contributed by atoms with Crippen LogP contribution in [-0.4, -0.2) is 158 Å². The molecular weight excluding hydrogens is 1130 g/mol. The van der Waals surface area contributed by atoms with E-state index in [2.05, 4.69) is 5.32 Å². The summed E-state index contributed by atoms with van der Waals surface area (Å²) in [5, 5.41) is 3.51. The molecule has 3 aliphatic rings. The van der Waals surface area contributed by atoms with Crippen molar-refractivity contribution in [3.8, 4) is 0 Å². The van der Waals surface area contributed by atoms with Crippen molar-refractivity contribution in [3.63, 3.8) is 0 Å². The number of hydrogen-bond acceptors (Lipinski definition) is 16. The second-order valence-electron chi connectivity index (χ2n) is 20.4. The molecule has 3 aliphatic heterocycles. The van der Waals surface area contributed by atoms with Gasteiger partial charge in [-0.15, -0.1) is 0 Å². The Kier molecular flexibility index (Phi) is 17.1. The van der Waals surface area contributed by atoms with Gasteiger partial charge in [0.25, 0.3) is 39.6 Å². The third-order valence-electron chi connectivity index (χ3n) is 14.9. The lowest BCUT2D eigenvalue weighted by molar-refractivity contribution is -0.645. The summed E-state index contributed by atoms with van der Waals surface area (Å²) >= 11 is 0. The van der Waals surface area contributed by atoms with Crippen LogP contribution >= 0.6 is 0 Å². The molecule has 1 saturated heterocycles. The Balaban J connectivity index is 0.855. The van der Waals surface area contributed by atoms with Crippen LogP contribution in [0.25, 0.3) is 32.6 Å². The maximum atomic E-state index is 15.1. The fourth-order valence-electron chi connectivity index (χ4n) is 10.7. The first-order chi connectivity index (χ1) is 39.4. The number of aromatic nitrogens is 1. The predicted octanol–water partition coefficient (Wildman–Crippen LogP) is 3.09. The van der Waals surface area contributed by atoms with Crippen molar-refractivity contribution in [1.29, 1.82) is 0 Å². The van der Waals surface area contributed by atoms with Crippen LogP contribution in [-0.2, 0) is 60.7 Å². The van der Waals surface area contributed by atoms with Crippen LogP contribution in [0.3, 0.4) is 0 Å². The molecule has 1 fully saturated rings. The van der Waals surface area contributed by atoms with Crippen molar-refractivity contribution in [2.45, 2.75) is 68.7 Å². The van der Waals surface area contributed by atoms with Crippen LogP contribution in [0.4, 0.5) is 5.69 Å². The number of fused-ring (bicyclic) bond motifs is 2. The Labute approximate surface area is 478 Å². The van der Waals surface area contributed by atoms with E-state index in [1.807, 2.05) is 4.57 Å². The first-order valence-corrected chi connectivity index (χ1v) is 31.1. The number of aryl methyl sites for hydroxylation is 3. The number of amides is 7. The van der Waals surface area contributed by atoms with Crippen molar-refractivity contribution in [2.75, 3.05) is 63.8 Å². The number of imide groups is 2. The molecule has 0 aliphatic carbocycles. The van der Waals surface area contributed by atoms with Crippen LogP contribution < -0.4 is 15.6 Å². The molecule has 3 N–H and O–H groups in total. The number of carbonyl (C=O) groups excluding carboxylic acids is 8. The Morgan fingerprint density at radius 3 is 1.89 bits per heavy atom. The number of Topliss-reactive ketones (excluding diaryl/α,β-unsaturated/α-hetero) is 1. The van der Waals surface area contributed by atoms with E-state index in [9.17, 15) is 63.4 Å². The third-order valence-corrected chi connectivity index (χ3v) is 19.5. The first-order valence-electron chi connectivity index (χ1n) is 26.6. The number of rotatable bonds is 22. The van der Waals surface area contributed by atoms with Crippen molar-refractivity contribution < 1.29 is 72.7 Å². The zero-order valence-electron chi connectivity index (χ0n) is 45.2. The summed E-state index contributed by atoms with van der Waals surface area (Å²) in [4.78, 5) is 107. The number of anilines is 1. The Morgan fingerprint density at radius 2 is 1.28 bits per heavy atom. The minimum Gasteiger partial charge on any atom is -0.744 e. The Bertz CT molecular complexity index is 4030. The molecule has 1 aromatic heterocycles. The van der Waals surface area contributed by atoms with Gasteiger partial charge in [-0.05, 0) is 74.7 Å². The summed E-state index contributed by atoms with van der Waals surface area (Å²) in [7, 11) is -13.6. The first kappa shape index (κ1) is 59.3. The van der Waals surface area contributed by atoms with Crippen LogP contribution in [0, 0.1) is 13.8 Å². The molecule has 0 saturated carbocycles. The number of nitrogens with one attached hydrogen (secondary N) is 1. The number of para-hydroxylation sites is 2. The summed E-state index contributed by atoms with van der Waals surface area (Å²) in [5.74, 6) is -5.34. The van der Waals surface area contributed by atoms with Crippen LogP contribution in [0.15, 0.2) is 113 Å². The van der Waals surface area contributed by atoms with Crippen LogP contribution in [0.1, 0.15) is 80.7 Å². The minimum atomic E-state index is -5.15. The number of pyridine rings is 1. The van der Waals surface area contributed by atoms with Crippen molar-refractivity contribution in [3.05, 3.63) is 131 Å². The summed E-state index contributed by atoms with van der Waals surface area (Å²) in [6.07, 6.45) is 2.42. The molecular formula is C57H58N8O15S3. The summed E-state index contributed by atoms with van der Waals surface area (Å²) in [5.41, 5.74) is 7.67. The second kappa shape index (κ2) is 23.9. The molecule has 5 aromatic carbocycles. The minimum absolute atomic E-state index is 0.0147. The van der Waals surface area contributed by atoms with Gasteiger partial charge in [0, 0.05) is 112 Å². The standard InChI is InChI=1S/C57H58N8O15S3/c1-36-16-18-39(19-17-36)82(76,77)65(25-8-11-38(66)10-7-23-59-48(67)22-26-63-49(68)20-21-50(63)69)57(73)53-40-12-3-5-14-45(40)62(46-15-6-4-13-41(46)53)24-9-31-81(74,75)61-29-27-60(28-30-61)51(70)35-64-55(71)43-33-37(2)32-42-52(43)44(56(64)72)34-47(54(42)58)83(78,79)80/h3-6,12-21,32-34H,7-11,22-31,35H2,1-2H3,(H3-,58,59,67,71,72,78,79,80). The number of benzene rings is 5. The topological polar surface area (TPSA) is 320 Å². The molecule has 83 heavy (non-hydrogen) atoms. The lowest BCUT2D eigenvalue weighted by atomic mass is 9.91. The molecule has 0 unspecified atom stereocenters. The summed E-state index contributed by atoms with van der Waals surface area (Å²) in [6, 6.07) is 23.4. The van der Waals surface area contributed by atoms with Crippen molar-refractivity contribution in [2.24, 2.45) is 0 Å². The molecule has 4 heterocycles. The molecule has 26 heteroatoms. The number of nitrogens with zero attached hydrogens (tertiary/aromatic N) is 6. The van der Waals surface area contributed by atoms with Gasteiger partial charge in [-0.3, -0.25) is 48.2 Å². The highest BCUT2D eigenvalue weighted by molar-refractivity contribution is 7.89. The molecule has 6 aromatic rings. The highest BCUT2D eigenvalue weighted by atomic mass is 32.2. The van der Waals surface area contributed by atoms with E-state index in [-0.39, 0.29) is 135 Å². The van der Waals surface area contributed by atoms with Gasteiger partial charge in [0.2, 0.25) is 32.9 Å². The fraction of sp³-hybridized carbons (Fsp3) is 0.316. The zero-order valence-corrected chi connectivity index (χ0v) is 47.7. The van der Waals surface area contributed by atoms with Crippen LogP contribution in [0.2, 0.25) is 0 Å². The molecule has 434 valence electrons. The van der Waals surface area contributed by atoms with Gasteiger partial charge >= 0.3 is 0 Å². The van der Waals surface area contributed by atoms with E-state index < -0.39 is 88.6 Å². The maximum Gasteiger partial charge on any atom is 0.269 e. The van der Waals surface area contributed by atoms with Gasteiger partial charge in [-0.2, -0.15) is 8.87 Å². The monoisotopic (exact) mass is 1190 g/mol. The number of piperazine rings is 1. The number of carbonyl (C=O) groups is 8. The van der Waals surface area contributed by atoms with E-state index in [0.29, 0.717) is 32.3 Å². The molecule has 23 nitrogen and oxygen atoms in total. The number of hydrogen-bond donors (Lipinski definition) is 2. The summed E-state index contributed by atoms with van der Waals surface area (Å²) in [6.45, 7) is 2.07. The van der Waals surface area contributed by atoms with E-state index in [0.717, 1.165) is 33.0 Å². The summed E-state index contributed by atoms with van der Waals surface area (Å²) < 4.78 is 97.4. The fourth-order valence-corrected chi connectivity index (χ4v) is 14.2. The average molecular weight is 1190 g/mol. The predicted molar refractivity (Wildman–Crippen MR) is 301 cm³/mol. The van der Waals surface area contributed by atoms with E-state index in [1.54, 1.807) is 74.5 Å². The quantitative estimate of drug-likeness (QED) is 0.0246. The number of nitrogens with two attached hydrogens (primary N) is 1. The second-order valence-corrected chi connectivity index (χ2v) is 25.7. The SMILES string of the molecule is Cc1ccc(S(=O)(=O)N(CCCC(=O)CCCNC(=O)CCN2C(=O)C=CC2=O)C(=O)c2c3ccccc3[n+](CCCS(=O)(=O)N3CCN(C(=O)CN4C(=O)c5cc(C)cc6c(N)c(S(=O)(=O)[O-])cc(c56)C4=O)CC3)c3ccccc23)cc1. The molecule has 0 radical (unpaired) electrons. The Hall–Kier alpha value is -8.30. The molecule has 0 atom stereocenters. The highest BCUT2D eigenvalue weighted by Crippen LogP contribution is 2.38. The van der Waals surface area contributed by atoms with Gasteiger partial charge in [-0.1, -0.05) is 42.0 Å². The van der Waals surface area contributed by atoms with Crippen molar-refractivity contribution >= 4 is 116 Å². The zero-order chi connectivity index (χ0) is 59.7. The number of sulfonamides is 2. The van der Waals surface area contributed by atoms with Gasteiger partial charge < -0.3 is 20.5 Å². The number of nitrogen functional groups attached to an aromatic ring is 1. The molecule has 9 rings (SSSR count). The highest BCUT2D eigenvalue weighted by Gasteiger charge is 2.39. The van der Waals surface area contributed by atoms with Gasteiger partial charge in [0.05, 0.1) is 43.1 Å².